The number of aryl methyl sites for hydroxylation is 1. The second kappa shape index (κ2) is 4.45. The van der Waals surface area contributed by atoms with Gasteiger partial charge in [-0.3, -0.25) is 0 Å². The van der Waals surface area contributed by atoms with Gasteiger partial charge < -0.3 is 0 Å². The molecule has 0 N–H and O–H groups in total. The predicted octanol–water partition coefficient (Wildman–Crippen LogP) is 3.86. The minimum Gasteiger partial charge on any atom is -0.193 e. The molecule has 1 aromatic rings. The van der Waals surface area contributed by atoms with Gasteiger partial charge in [-0.15, -0.1) is 0 Å². The van der Waals surface area contributed by atoms with Crippen LogP contribution in [0.1, 0.15) is 11.1 Å². The van der Waals surface area contributed by atoms with Crippen LogP contribution in [0.4, 0.5) is 0 Å². The zero-order chi connectivity index (χ0) is 9.84. The summed E-state index contributed by atoms with van der Waals surface area (Å²) in [6.45, 7) is 1.95. The van der Waals surface area contributed by atoms with Crippen molar-refractivity contribution < 1.29 is 0 Å². The summed E-state index contributed by atoms with van der Waals surface area (Å²) in [7, 11) is 0. The summed E-state index contributed by atoms with van der Waals surface area (Å²) in [6, 6.07) is 7.65. The van der Waals surface area contributed by atoms with Crippen LogP contribution in [0.15, 0.2) is 28.7 Å². The van der Waals surface area contributed by atoms with E-state index < -0.39 is 0 Å². The monoisotopic (exact) mass is 255 g/mol. The van der Waals surface area contributed by atoms with Crippen molar-refractivity contribution in [1.29, 1.82) is 5.26 Å². The fourth-order valence-corrected chi connectivity index (χ4v) is 1.77. The summed E-state index contributed by atoms with van der Waals surface area (Å²) in [6.07, 6.45) is 1.33. The fourth-order valence-electron chi connectivity index (χ4n) is 1.03. The van der Waals surface area contributed by atoms with Crippen LogP contribution < -0.4 is 0 Å². The van der Waals surface area contributed by atoms with Gasteiger partial charge in [-0.1, -0.05) is 33.6 Å². The molecule has 13 heavy (non-hydrogen) atoms. The van der Waals surface area contributed by atoms with E-state index in [1.165, 1.54) is 6.08 Å². The number of hydrogen-bond acceptors (Lipinski definition) is 1. The highest BCUT2D eigenvalue weighted by atomic mass is 79.9. The Labute approximate surface area is 90.8 Å². The van der Waals surface area contributed by atoms with Crippen LogP contribution in [-0.2, 0) is 0 Å². The first-order valence-corrected chi connectivity index (χ1v) is 4.84. The molecular formula is C10H7BrClN. The molecule has 0 aliphatic rings. The summed E-state index contributed by atoms with van der Waals surface area (Å²) in [4.78, 5) is 0. The van der Waals surface area contributed by atoms with Crippen molar-refractivity contribution in [3.63, 3.8) is 0 Å². The van der Waals surface area contributed by atoms with E-state index in [-0.39, 0.29) is 0 Å². The molecule has 0 atom stereocenters. The van der Waals surface area contributed by atoms with E-state index >= 15 is 0 Å². The minimum absolute atomic E-state index is 0.479. The number of benzene rings is 1. The lowest BCUT2D eigenvalue weighted by Crippen LogP contribution is -1.83. The van der Waals surface area contributed by atoms with Gasteiger partial charge in [0.1, 0.15) is 0 Å². The van der Waals surface area contributed by atoms with Gasteiger partial charge in [-0.05, 0) is 30.2 Å². The Bertz CT molecular complexity index is 390. The third-order valence-electron chi connectivity index (χ3n) is 1.64. The maximum Gasteiger partial charge on any atom is 0.0927 e. The van der Waals surface area contributed by atoms with E-state index in [2.05, 4.69) is 15.9 Å². The van der Waals surface area contributed by atoms with Gasteiger partial charge in [0, 0.05) is 10.5 Å². The zero-order valence-corrected chi connectivity index (χ0v) is 9.35. The third-order valence-corrected chi connectivity index (χ3v) is 2.44. The fraction of sp³-hybridized carbons (Fsp3) is 0.100. The minimum atomic E-state index is 0.479. The molecule has 0 amide bonds. The Balaban J connectivity index is 3.18. The second-order valence-corrected chi connectivity index (χ2v) is 3.90. The van der Waals surface area contributed by atoms with Gasteiger partial charge in [-0.2, -0.15) is 5.26 Å². The first-order valence-electron chi connectivity index (χ1n) is 3.67. The summed E-state index contributed by atoms with van der Waals surface area (Å²) in [5.41, 5.74) is 1.94. The maximum atomic E-state index is 8.42. The van der Waals surface area contributed by atoms with E-state index in [4.69, 9.17) is 16.9 Å². The Morgan fingerprint density at radius 1 is 1.62 bits per heavy atom. The second-order valence-electron chi connectivity index (χ2n) is 2.58. The number of allylic oxidation sites excluding steroid dienone is 1. The molecule has 0 aliphatic heterocycles. The van der Waals surface area contributed by atoms with E-state index in [0.717, 1.165) is 15.6 Å². The average molecular weight is 257 g/mol. The largest absolute Gasteiger partial charge is 0.193 e. The highest BCUT2D eigenvalue weighted by molar-refractivity contribution is 9.10. The Hall–Kier alpha value is -0.780. The molecule has 0 aromatic heterocycles. The van der Waals surface area contributed by atoms with Crippen LogP contribution >= 0.6 is 27.5 Å². The van der Waals surface area contributed by atoms with Gasteiger partial charge in [0.05, 0.1) is 11.1 Å². The zero-order valence-electron chi connectivity index (χ0n) is 7.01. The van der Waals surface area contributed by atoms with Crippen LogP contribution in [0, 0.1) is 18.3 Å². The van der Waals surface area contributed by atoms with Crippen molar-refractivity contribution in [2.24, 2.45) is 0 Å². The lowest BCUT2D eigenvalue weighted by atomic mass is 10.1. The topological polar surface area (TPSA) is 23.8 Å². The van der Waals surface area contributed by atoms with Crippen molar-refractivity contribution in [1.82, 2.24) is 0 Å². The van der Waals surface area contributed by atoms with Crippen LogP contribution in [0.5, 0.6) is 0 Å². The van der Waals surface area contributed by atoms with Crippen molar-refractivity contribution in [2.75, 3.05) is 0 Å². The van der Waals surface area contributed by atoms with Crippen LogP contribution in [0.25, 0.3) is 5.03 Å². The standard InChI is InChI=1S/C10H7BrClN/c1-7-6-8(11)2-3-9(7)10(12)4-5-13/h2-4,6H,1H3. The molecule has 0 aliphatic carbocycles. The SMILES string of the molecule is Cc1cc(Br)ccc1C(Cl)=CC#N. The molecular weight excluding hydrogens is 249 g/mol. The molecule has 3 heteroatoms. The lowest BCUT2D eigenvalue weighted by molar-refractivity contribution is 1.42. The number of nitriles is 1. The molecule has 66 valence electrons. The van der Waals surface area contributed by atoms with E-state index in [0.29, 0.717) is 5.03 Å². The number of rotatable bonds is 1. The Morgan fingerprint density at radius 2 is 2.31 bits per heavy atom. The van der Waals surface area contributed by atoms with E-state index in [1.54, 1.807) is 0 Å². The quantitative estimate of drug-likeness (QED) is 0.700. The first-order chi connectivity index (χ1) is 6.15. The predicted molar refractivity (Wildman–Crippen MR) is 58.3 cm³/mol. The number of halogens is 2. The lowest BCUT2D eigenvalue weighted by Gasteiger charge is -2.03. The highest BCUT2D eigenvalue weighted by Crippen LogP contribution is 2.24. The number of nitrogens with zero attached hydrogens (tertiary/aromatic N) is 1. The molecule has 0 bridgehead atoms. The van der Waals surface area contributed by atoms with Gasteiger partial charge in [0.25, 0.3) is 0 Å². The molecule has 1 nitrogen and oxygen atoms in total. The molecule has 0 spiro atoms. The smallest absolute Gasteiger partial charge is 0.0927 e. The van der Waals surface area contributed by atoms with E-state index in [1.807, 2.05) is 31.2 Å². The van der Waals surface area contributed by atoms with Crippen LogP contribution in [0.2, 0.25) is 0 Å². The summed E-state index contributed by atoms with van der Waals surface area (Å²) in [5.74, 6) is 0. The molecule has 0 fully saturated rings. The van der Waals surface area contributed by atoms with Crippen molar-refractivity contribution in [2.45, 2.75) is 6.92 Å². The van der Waals surface area contributed by atoms with Gasteiger partial charge in [-0.25, -0.2) is 0 Å². The van der Waals surface area contributed by atoms with Crippen LogP contribution in [0.3, 0.4) is 0 Å². The summed E-state index contributed by atoms with van der Waals surface area (Å²) in [5, 5.41) is 8.90. The van der Waals surface area contributed by atoms with Gasteiger partial charge in [0.2, 0.25) is 0 Å². The van der Waals surface area contributed by atoms with Crippen LogP contribution in [-0.4, -0.2) is 0 Å². The first kappa shape index (κ1) is 10.3. The maximum absolute atomic E-state index is 8.42. The summed E-state index contributed by atoms with van der Waals surface area (Å²) >= 11 is 9.24. The normalized spacial score (nSPS) is 11.1. The third kappa shape index (κ3) is 2.58. The van der Waals surface area contributed by atoms with Gasteiger partial charge in [0.15, 0.2) is 0 Å². The average Bonchev–Trinajstić information content (AvgIpc) is 2.04. The van der Waals surface area contributed by atoms with Crippen molar-refractivity contribution in [3.8, 4) is 6.07 Å². The molecule has 0 heterocycles. The van der Waals surface area contributed by atoms with E-state index in [9.17, 15) is 0 Å². The van der Waals surface area contributed by atoms with Crippen molar-refractivity contribution in [3.05, 3.63) is 39.9 Å². The van der Waals surface area contributed by atoms with Gasteiger partial charge >= 0.3 is 0 Å². The molecule has 0 saturated carbocycles. The van der Waals surface area contributed by atoms with Crippen molar-refractivity contribution >= 4 is 32.6 Å². The molecule has 0 unspecified atom stereocenters. The summed E-state index contributed by atoms with van der Waals surface area (Å²) < 4.78 is 1.01. The highest BCUT2D eigenvalue weighted by Gasteiger charge is 2.01. The Morgan fingerprint density at radius 3 is 2.85 bits per heavy atom. The molecule has 0 radical (unpaired) electrons. The number of hydrogen-bond donors (Lipinski definition) is 0. The molecule has 1 rings (SSSR count). The Kier molecular flexibility index (Phi) is 3.53. The molecule has 1 aromatic carbocycles. The molecule has 0 saturated heterocycles.